The first-order valence-electron chi connectivity index (χ1n) is 4.27. The van der Waals surface area contributed by atoms with Crippen molar-refractivity contribution in [3.63, 3.8) is 0 Å². The molecule has 0 saturated carbocycles. The van der Waals surface area contributed by atoms with Gasteiger partial charge in [0.15, 0.2) is 21.5 Å². The fourth-order valence-electron chi connectivity index (χ4n) is 1.07. The zero-order valence-electron chi connectivity index (χ0n) is 9.07. The Bertz CT molecular complexity index is 490. The Kier molecular flexibility index (Phi) is 2.55. The van der Waals surface area contributed by atoms with E-state index in [1.807, 2.05) is 0 Å². The zero-order chi connectivity index (χ0) is 12.0. The van der Waals surface area contributed by atoms with Crippen LogP contribution in [-0.4, -0.2) is 24.5 Å². The number of nitrogens with zero attached hydrogens (tertiary/aromatic N) is 2. The highest BCUT2D eigenvalue weighted by Crippen LogP contribution is 2.31. The van der Waals surface area contributed by atoms with E-state index in [1.165, 1.54) is 20.9 Å². The molecule has 86 valence electrons. The van der Waals surface area contributed by atoms with Crippen LogP contribution in [-0.2, 0) is 21.6 Å². The summed E-state index contributed by atoms with van der Waals surface area (Å²) in [6.07, 6.45) is 1.04. The first-order valence-corrected chi connectivity index (χ1v) is 6.16. The van der Waals surface area contributed by atoms with Crippen LogP contribution in [0.4, 0.5) is 10.2 Å². The van der Waals surface area contributed by atoms with Gasteiger partial charge < -0.3 is 5.73 Å². The van der Waals surface area contributed by atoms with E-state index < -0.39 is 20.4 Å². The van der Waals surface area contributed by atoms with Crippen molar-refractivity contribution in [3.05, 3.63) is 11.5 Å². The van der Waals surface area contributed by atoms with Gasteiger partial charge in [-0.25, -0.2) is 12.8 Å². The summed E-state index contributed by atoms with van der Waals surface area (Å²) in [6.45, 7) is 2.79. The zero-order valence-corrected chi connectivity index (χ0v) is 9.89. The van der Waals surface area contributed by atoms with Gasteiger partial charge in [0.1, 0.15) is 10.4 Å². The molecule has 0 fully saturated rings. The van der Waals surface area contributed by atoms with E-state index in [2.05, 4.69) is 5.10 Å². The highest BCUT2D eigenvalue weighted by Gasteiger charge is 2.38. The van der Waals surface area contributed by atoms with Crippen LogP contribution in [0.3, 0.4) is 0 Å². The van der Waals surface area contributed by atoms with E-state index in [4.69, 9.17) is 5.73 Å². The molecular weight excluding hydrogens is 221 g/mol. The van der Waals surface area contributed by atoms with E-state index >= 15 is 0 Å². The van der Waals surface area contributed by atoms with E-state index in [9.17, 15) is 12.8 Å². The third kappa shape index (κ3) is 1.71. The van der Waals surface area contributed by atoms with Crippen LogP contribution < -0.4 is 5.73 Å². The Morgan fingerprint density at radius 2 is 1.93 bits per heavy atom. The highest BCUT2D eigenvalue weighted by molar-refractivity contribution is 7.91. The second-order valence-electron chi connectivity index (χ2n) is 3.95. The summed E-state index contributed by atoms with van der Waals surface area (Å²) >= 11 is 0. The molecule has 5 nitrogen and oxygen atoms in total. The minimum Gasteiger partial charge on any atom is -0.381 e. The summed E-state index contributed by atoms with van der Waals surface area (Å²) in [6, 6.07) is 0. The number of nitrogens with two attached hydrogens (primary N) is 1. The van der Waals surface area contributed by atoms with E-state index in [0.29, 0.717) is 0 Å². The molecule has 0 amide bonds. The Morgan fingerprint density at radius 1 is 1.47 bits per heavy atom. The lowest BCUT2D eigenvalue weighted by atomic mass is 10.1. The number of sulfone groups is 1. The molecular formula is C8H14FN3O2S. The van der Waals surface area contributed by atoms with Gasteiger partial charge in [0.2, 0.25) is 0 Å². The summed E-state index contributed by atoms with van der Waals surface area (Å²) in [5.74, 6) is -0.936. The Balaban J connectivity index is 3.47. The van der Waals surface area contributed by atoms with Crippen LogP contribution in [0.1, 0.15) is 19.5 Å². The number of hydrogen-bond donors (Lipinski definition) is 1. The normalized spacial score (nSPS) is 13.1. The van der Waals surface area contributed by atoms with E-state index in [0.717, 1.165) is 10.9 Å². The molecule has 15 heavy (non-hydrogen) atoms. The molecule has 1 heterocycles. The monoisotopic (exact) mass is 235 g/mol. The number of aryl methyl sites for hydroxylation is 1. The summed E-state index contributed by atoms with van der Waals surface area (Å²) in [5.41, 5.74) is 5.23. The average Bonchev–Trinajstić information content (AvgIpc) is 2.31. The standard InChI is InChI=1S/C8H14FN3O2S/c1-8(2,15(4,13)14)6-5(9)7(10)12(3)11-6/h10H2,1-4H3. The van der Waals surface area contributed by atoms with Crippen LogP contribution in [0.15, 0.2) is 0 Å². The lowest BCUT2D eigenvalue weighted by Crippen LogP contribution is -2.29. The number of halogens is 1. The van der Waals surface area contributed by atoms with Crippen LogP contribution in [0.5, 0.6) is 0 Å². The van der Waals surface area contributed by atoms with Gasteiger partial charge >= 0.3 is 0 Å². The number of aromatic nitrogens is 2. The smallest absolute Gasteiger partial charge is 0.189 e. The maximum absolute atomic E-state index is 13.6. The Hall–Kier alpha value is -1.11. The lowest BCUT2D eigenvalue weighted by Gasteiger charge is -2.19. The predicted octanol–water partition coefficient (Wildman–Crippen LogP) is 0.421. The topological polar surface area (TPSA) is 78.0 Å². The highest BCUT2D eigenvalue weighted by atomic mass is 32.2. The molecule has 0 aliphatic carbocycles. The molecule has 2 N–H and O–H groups in total. The molecule has 7 heteroatoms. The first-order chi connectivity index (χ1) is 6.59. The fourth-order valence-corrected chi connectivity index (χ4v) is 1.55. The largest absolute Gasteiger partial charge is 0.381 e. The second kappa shape index (κ2) is 3.19. The lowest BCUT2D eigenvalue weighted by molar-refractivity contribution is 0.531. The van der Waals surface area contributed by atoms with Gasteiger partial charge in [-0.15, -0.1) is 0 Å². The Morgan fingerprint density at radius 3 is 2.20 bits per heavy atom. The van der Waals surface area contributed by atoms with Crippen LogP contribution in [0.2, 0.25) is 0 Å². The van der Waals surface area contributed by atoms with Gasteiger partial charge in [-0.2, -0.15) is 5.10 Å². The molecule has 0 aliphatic heterocycles. The van der Waals surface area contributed by atoms with Crippen molar-refractivity contribution in [2.75, 3.05) is 12.0 Å². The predicted molar refractivity (Wildman–Crippen MR) is 55.4 cm³/mol. The van der Waals surface area contributed by atoms with Gasteiger partial charge in [-0.3, -0.25) is 4.68 Å². The number of hydrogen-bond acceptors (Lipinski definition) is 4. The molecule has 0 saturated heterocycles. The molecule has 0 bridgehead atoms. The van der Waals surface area contributed by atoms with Crippen molar-refractivity contribution in [2.24, 2.45) is 7.05 Å². The maximum atomic E-state index is 13.6. The average molecular weight is 235 g/mol. The van der Waals surface area contributed by atoms with Crippen molar-refractivity contribution in [3.8, 4) is 0 Å². The van der Waals surface area contributed by atoms with Gasteiger partial charge in [-0.1, -0.05) is 0 Å². The number of rotatable bonds is 2. The second-order valence-corrected chi connectivity index (χ2v) is 6.52. The first kappa shape index (κ1) is 12.0. The molecule has 0 unspecified atom stereocenters. The van der Waals surface area contributed by atoms with E-state index in [-0.39, 0.29) is 11.5 Å². The Labute approximate surface area is 88.0 Å². The van der Waals surface area contributed by atoms with Gasteiger partial charge in [-0.05, 0) is 13.8 Å². The number of nitrogen functional groups attached to an aromatic ring is 1. The van der Waals surface area contributed by atoms with E-state index in [1.54, 1.807) is 0 Å². The van der Waals surface area contributed by atoms with Gasteiger partial charge in [0.05, 0.1) is 0 Å². The third-order valence-corrected chi connectivity index (χ3v) is 4.58. The molecule has 0 aromatic carbocycles. The molecule has 1 rings (SSSR count). The summed E-state index contributed by atoms with van der Waals surface area (Å²) in [5, 5.41) is 3.79. The maximum Gasteiger partial charge on any atom is 0.189 e. The number of anilines is 1. The molecule has 0 aliphatic rings. The van der Waals surface area contributed by atoms with Crippen molar-refractivity contribution in [1.29, 1.82) is 0 Å². The molecule has 1 aromatic rings. The van der Waals surface area contributed by atoms with Crippen LogP contribution in [0.25, 0.3) is 0 Å². The quantitative estimate of drug-likeness (QED) is 0.806. The molecule has 0 radical (unpaired) electrons. The molecule has 1 aromatic heterocycles. The van der Waals surface area contributed by atoms with Crippen molar-refractivity contribution >= 4 is 15.7 Å². The van der Waals surface area contributed by atoms with Crippen LogP contribution in [0, 0.1) is 5.82 Å². The summed E-state index contributed by atoms with van der Waals surface area (Å²) in [4.78, 5) is 0. The van der Waals surface area contributed by atoms with Crippen molar-refractivity contribution < 1.29 is 12.8 Å². The SMILES string of the molecule is Cn1nc(C(C)(C)S(C)(=O)=O)c(F)c1N. The summed E-state index contributed by atoms with van der Waals surface area (Å²) < 4.78 is 36.3. The van der Waals surface area contributed by atoms with Crippen LogP contribution >= 0.6 is 0 Å². The molecule has 0 atom stereocenters. The summed E-state index contributed by atoms with van der Waals surface area (Å²) in [7, 11) is -1.99. The minimum atomic E-state index is -3.45. The minimum absolute atomic E-state index is 0.148. The van der Waals surface area contributed by atoms with Gasteiger partial charge in [0, 0.05) is 13.3 Å². The van der Waals surface area contributed by atoms with Crippen molar-refractivity contribution in [1.82, 2.24) is 9.78 Å². The molecule has 0 spiro atoms. The van der Waals surface area contributed by atoms with Gasteiger partial charge in [0.25, 0.3) is 0 Å². The van der Waals surface area contributed by atoms with Crippen molar-refractivity contribution in [2.45, 2.75) is 18.6 Å². The fraction of sp³-hybridized carbons (Fsp3) is 0.625. The third-order valence-electron chi connectivity index (χ3n) is 2.53.